The van der Waals surface area contributed by atoms with Crippen LogP contribution in [0.2, 0.25) is 0 Å². The first-order valence-corrected chi connectivity index (χ1v) is 11.8. The lowest BCUT2D eigenvalue weighted by Gasteiger charge is -2.27. The SMILES string of the molecule is O=C(Nc1cccc2ccccc12)[C@H](Cc1ccccc1)N1C(=O)[C@@H]2[C@H]3CC[C@@H](C3)[C@@H]2C1=O. The summed E-state index contributed by atoms with van der Waals surface area (Å²) in [6.07, 6.45) is 3.32. The van der Waals surface area contributed by atoms with Gasteiger partial charge in [0.25, 0.3) is 0 Å². The van der Waals surface area contributed by atoms with Crippen LogP contribution in [0.3, 0.4) is 0 Å². The summed E-state index contributed by atoms with van der Waals surface area (Å²) in [5.74, 6) is -0.499. The molecule has 1 N–H and O–H groups in total. The fraction of sp³-hybridized carbons (Fsp3) is 0.321. The molecular formula is C28H26N2O3. The van der Waals surface area contributed by atoms with E-state index in [1.165, 1.54) is 4.90 Å². The van der Waals surface area contributed by atoms with Crippen molar-refractivity contribution in [3.63, 3.8) is 0 Å². The zero-order valence-corrected chi connectivity index (χ0v) is 18.3. The van der Waals surface area contributed by atoms with E-state index in [0.717, 1.165) is 35.6 Å². The molecule has 6 rings (SSSR count). The van der Waals surface area contributed by atoms with Gasteiger partial charge in [0.2, 0.25) is 17.7 Å². The number of carbonyl (C=O) groups excluding carboxylic acids is 3. The van der Waals surface area contributed by atoms with Crippen molar-refractivity contribution < 1.29 is 14.4 Å². The molecule has 3 amide bonds. The molecule has 0 radical (unpaired) electrons. The Morgan fingerprint density at radius 3 is 2.21 bits per heavy atom. The number of hydrogen-bond donors (Lipinski definition) is 1. The fourth-order valence-electron chi connectivity index (χ4n) is 6.43. The van der Waals surface area contributed by atoms with Crippen LogP contribution in [0, 0.1) is 23.7 Å². The van der Waals surface area contributed by atoms with Crippen LogP contribution >= 0.6 is 0 Å². The van der Waals surface area contributed by atoms with Crippen LogP contribution in [-0.4, -0.2) is 28.7 Å². The van der Waals surface area contributed by atoms with Gasteiger partial charge in [0.05, 0.1) is 11.8 Å². The summed E-state index contributed by atoms with van der Waals surface area (Å²) < 4.78 is 0. The summed E-state index contributed by atoms with van der Waals surface area (Å²) >= 11 is 0. The van der Waals surface area contributed by atoms with Crippen molar-refractivity contribution in [1.82, 2.24) is 4.90 Å². The van der Waals surface area contributed by atoms with Gasteiger partial charge in [-0.3, -0.25) is 19.3 Å². The van der Waals surface area contributed by atoms with Crippen LogP contribution < -0.4 is 5.32 Å². The minimum absolute atomic E-state index is 0.147. The van der Waals surface area contributed by atoms with Gasteiger partial charge in [-0.25, -0.2) is 0 Å². The quantitative estimate of drug-likeness (QED) is 0.600. The number of nitrogens with zero attached hydrogens (tertiary/aromatic N) is 1. The normalized spacial score (nSPS) is 26.6. The lowest BCUT2D eigenvalue weighted by atomic mass is 9.81. The molecule has 3 aromatic carbocycles. The second-order valence-corrected chi connectivity index (χ2v) is 9.65. The van der Waals surface area contributed by atoms with Crippen molar-refractivity contribution in [1.29, 1.82) is 0 Å². The van der Waals surface area contributed by atoms with Crippen LogP contribution in [0.15, 0.2) is 72.8 Å². The minimum atomic E-state index is -0.864. The van der Waals surface area contributed by atoms with E-state index < -0.39 is 6.04 Å². The number of anilines is 1. The monoisotopic (exact) mass is 438 g/mol. The number of rotatable bonds is 5. The van der Waals surface area contributed by atoms with Crippen molar-refractivity contribution in [3.05, 3.63) is 78.4 Å². The molecule has 0 aromatic heterocycles. The Labute approximate surface area is 192 Å². The van der Waals surface area contributed by atoms with Gasteiger partial charge >= 0.3 is 0 Å². The lowest BCUT2D eigenvalue weighted by molar-refractivity contribution is -0.147. The topological polar surface area (TPSA) is 66.5 Å². The van der Waals surface area contributed by atoms with Crippen LogP contribution in [0.25, 0.3) is 10.8 Å². The predicted molar refractivity (Wildman–Crippen MR) is 126 cm³/mol. The maximum atomic E-state index is 13.7. The van der Waals surface area contributed by atoms with Crippen molar-refractivity contribution >= 4 is 34.2 Å². The number of carbonyl (C=O) groups is 3. The van der Waals surface area contributed by atoms with Crippen LogP contribution in [0.5, 0.6) is 0 Å². The summed E-state index contributed by atoms with van der Waals surface area (Å²) in [6.45, 7) is 0. The average molecular weight is 439 g/mol. The molecule has 3 aromatic rings. The molecule has 0 spiro atoms. The molecule has 5 atom stereocenters. The van der Waals surface area contributed by atoms with Gasteiger partial charge < -0.3 is 5.32 Å². The van der Waals surface area contributed by atoms with Crippen LogP contribution in [-0.2, 0) is 20.8 Å². The van der Waals surface area contributed by atoms with Crippen molar-refractivity contribution in [3.8, 4) is 0 Å². The maximum absolute atomic E-state index is 13.7. The van der Waals surface area contributed by atoms with Gasteiger partial charge in [0, 0.05) is 17.5 Å². The molecule has 166 valence electrons. The molecule has 5 nitrogen and oxygen atoms in total. The highest BCUT2D eigenvalue weighted by Crippen LogP contribution is 2.56. The number of benzene rings is 3. The Bertz CT molecular complexity index is 1220. The molecule has 1 aliphatic heterocycles. The fourth-order valence-corrected chi connectivity index (χ4v) is 6.43. The highest BCUT2D eigenvalue weighted by atomic mass is 16.2. The molecule has 33 heavy (non-hydrogen) atoms. The highest BCUT2D eigenvalue weighted by Gasteiger charge is 2.62. The van der Waals surface area contributed by atoms with Crippen molar-refractivity contribution in [2.24, 2.45) is 23.7 Å². The Morgan fingerprint density at radius 2 is 1.48 bits per heavy atom. The molecule has 1 heterocycles. The lowest BCUT2D eigenvalue weighted by Crippen LogP contribution is -2.49. The summed E-state index contributed by atoms with van der Waals surface area (Å²) in [7, 11) is 0. The molecule has 3 aliphatic rings. The predicted octanol–water partition coefficient (Wildman–Crippen LogP) is 4.42. The van der Waals surface area contributed by atoms with E-state index in [9.17, 15) is 14.4 Å². The molecule has 2 saturated carbocycles. The number of fused-ring (bicyclic) bond motifs is 6. The summed E-state index contributed by atoms with van der Waals surface area (Å²) in [6, 6.07) is 22.4. The van der Waals surface area contributed by atoms with Gasteiger partial charge in [-0.2, -0.15) is 0 Å². The van der Waals surface area contributed by atoms with E-state index in [2.05, 4.69) is 5.32 Å². The maximum Gasteiger partial charge on any atom is 0.248 e. The van der Waals surface area contributed by atoms with Gasteiger partial charge in [-0.15, -0.1) is 0 Å². The minimum Gasteiger partial charge on any atom is -0.324 e. The number of imide groups is 1. The van der Waals surface area contributed by atoms with Crippen LogP contribution in [0.1, 0.15) is 24.8 Å². The highest BCUT2D eigenvalue weighted by molar-refractivity contribution is 6.12. The third-order valence-electron chi connectivity index (χ3n) is 7.90. The molecule has 5 heteroatoms. The Hall–Kier alpha value is -3.47. The molecular weight excluding hydrogens is 412 g/mol. The van der Waals surface area contributed by atoms with E-state index in [4.69, 9.17) is 0 Å². The zero-order valence-electron chi connectivity index (χ0n) is 18.3. The first kappa shape index (κ1) is 20.2. The third-order valence-corrected chi connectivity index (χ3v) is 7.90. The van der Waals surface area contributed by atoms with Gasteiger partial charge in [-0.1, -0.05) is 66.7 Å². The number of likely N-dealkylation sites (tertiary alicyclic amines) is 1. The standard InChI is InChI=1S/C28H26N2O3/c31-26(29-22-12-6-10-18-9-4-5-11-21(18)22)23(15-17-7-2-1-3-8-17)30-27(32)24-19-13-14-20(16-19)25(24)28(30)33/h1-12,19-20,23-25H,13-16H2,(H,29,31)/t19-,20-,23-,24-,25+/m0/s1. The average Bonchev–Trinajstić information content (AvgIpc) is 3.52. The molecule has 2 aliphatic carbocycles. The zero-order chi connectivity index (χ0) is 22.5. The van der Waals surface area contributed by atoms with E-state index >= 15 is 0 Å². The summed E-state index contributed by atoms with van der Waals surface area (Å²) in [4.78, 5) is 42.0. The Balaban J connectivity index is 1.35. The molecule has 0 unspecified atom stereocenters. The van der Waals surface area contributed by atoms with Gasteiger partial charge in [0.15, 0.2) is 0 Å². The molecule has 1 saturated heterocycles. The number of nitrogens with one attached hydrogen (secondary N) is 1. The van der Waals surface area contributed by atoms with E-state index in [1.54, 1.807) is 0 Å². The first-order chi connectivity index (χ1) is 16.1. The second kappa shape index (κ2) is 7.84. The largest absolute Gasteiger partial charge is 0.324 e. The number of amides is 3. The Kier molecular flexibility index (Phi) is 4.79. The first-order valence-electron chi connectivity index (χ1n) is 11.8. The van der Waals surface area contributed by atoms with E-state index in [-0.39, 0.29) is 29.6 Å². The smallest absolute Gasteiger partial charge is 0.248 e. The van der Waals surface area contributed by atoms with E-state index in [0.29, 0.717) is 23.9 Å². The second-order valence-electron chi connectivity index (χ2n) is 9.65. The number of hydrogen-bond acceptors (Lipinski definition) is 3. The molecule has 3 fully saturated rings. The van der Waals surface area contributed by atoms with Gasteiger partial charge in [-0.05, 0) is 48.1 Å². The third kappa shape index (κ3) is 3.26. The summed E-state index contributed by atoms with van der Waals surface area (Å²) in [5, 5.41) is 5.00. The van der Waals surface area contributed by atoms with E-state index in [1.807, 2.05) is 72.8 Å². The van der Waals surface area contributed by atoms with Crippen molar-refractivity contribution in [2.75, 3.05) is 5.32 Å². The van der Waals surface area contributed by atoms with Crippen molar-refractivity contribution in [2.45, 2.75) is 31.7 Å². The van der Waals surface area contributed by atoms with Crippen LogP contribution in [0.4, 0.5) is 5.69 Å². The van der Waals surface area contributed by atoms with Gasteiger partial charge in [0.1, 0.15) is 6.04 Å². The summed E-state index contributed by atoms with van der Waals surface area (Å²) in [5.41, 5.74) is 1.62. The Morgan fingerprint density at radius 1 is 0.848 bits per heavy atom. The molecule has 2 bridgehead atoms.